The molecule has 0 amide bonds. The van der Waals surface area contributed by atoms with Crippen molar-refractivity contribution in [2.75, 3.05) is 39.6 Å². The van der Waals surface area contributed by atoms with Crippen LogP contribution < -0.4 is 0 Å². The number of phosphoric acid groups is 2. The molecule has 588 valence electrons. The minimum absolute atomic E-state index is 0.105. The Morgan fingerprint density at radius 1 is 0.293 bits per heavy atom. The minimum atomic E-state index is -4.96. The van der Waals surface area contributed by atoms with Crippen LogP contribution in [0, 0.1) is 17.8 Å². The number of aliphatic hydroxyl groups excluding tert-OH is 1. The highest BCUT2D eigenvalue weighted by Crippen LogP contribution is 2.45. The lowest BCUT2D eigenvalue weighted by Crippen LogP contribution is -2.30. The van der Waals surface area contributed by atoms with Crippen molar-refractivity contribution in [3.63, 3.8) is 0 Å². The number of phosphoric ester groups is 2. The van der Waals surface area contributed by atoms with Gasteiger partial charge in [0, 0.05) is 25.7 Å². The fraction of sp³-hybridized carbons (Fsp3) is 0.950. The molecule has 0 rings (SSSR count). The number of aliphatic hydroxyl groups is 1. The van der Waals surface area contributed by atoms with Crippen molar-refractivity contribution in [3.05, 3.63) is 0 Å². The first-order chi connectivity index (χ1) is 47.8. The summed E-state index contributed by atoms with van der Waals surface area (Å²) in [5.74, 6) is 0.170. The van der Waals surface area contributed by atoms with E-state index in [4.69, 9.17) is 37.0 Å². The number of hydrogen-bond acceptors (Lipinski definition) is 15. The molecule has 0 aliphatic rings. The third-order valence-electron chi connectivity index (χ3n) is 19.0. The Morgan fingerprint density at radius 2 is 0.515 bits per heavy atom. The number of unbranched alkanes of at least 4 members (excludes halogenated alkanes) is 45. The summed E-state index contributed by atoms with van der Waals surface area (Å²) in [6, 6.07) is 0. The maximum Gasteiger partial charge on any atom is 0.472 e. The highest BCUT2D eigenvalue weighted by molar-refractivity contribution is 7.47. The molecule has 0 fully saturated rings. The Kier molecular flexibility index (Phi) is 69.0. The Hall–Kier alpha value is -1.94. The van der Waals surface area contributed by atoms with Crippen molar-refractivity contribution in [1.82, 2.24) is 0 Å². The van der Waals surface area contributed by atoms with Gasteiger partial charge in [0.25, 0.3) is 0 Å². The first-order valence-electron chi connectivity index (χ1n) is 41.4. The van der Waals surface area contributed by atoms with E-state index in [1.54, 1.807) is 0 Å². The fourth-order valence-electron chi connectivity index (χ4n) is 12.3. The van der Waals surface area contributed by atoms with Crippen LogP contribution in [-0.4, -0.2) is 96.7 Å². The maximum absolute atomic E-state index is 13.1. The van der Waals surface area contributed by atoms with Crippen molar-refractivity contribution in [2.24, 2.45) is 17.8 Å². The highest BCUT2D eigenvalue weighted by atomic mass is 31.2. The lowest BCUT2D eigenvalue weighted by atomic mass is 9.99. The average Bonchev–Trinajstić information content (AvgIpc) is 0.998. The zero-order valence-corrected chi connectivity index (χ0v) is 66.8. The van der Waals surface area contributed by atoms with E-state index in [9.17, 15) is 43.2 Å². The van der Waals surface area contributed by atoms with E-state index in [1.807, 2.05) is 0 Å². The van der Waals surface area contributed by atoms with Gasteiger partial charge in [-0.2, -0.15) is 0 Å². The quantitative estimate of drug-likeness (QED) is 0.0222. The van der Waals surface area contributed by atoms with Crippen LogP contribution in [0.25, 0.3) is 0 Å². The van der Waals surface area contributed by atoms with Crippen LogP contribution in [0.15, 0.2) is 0 Å². The number of ether oxygens (including phenoxy) is 4. The molecule has 0 bridgehead atoms. The second-order valence-corrected chi connectivity index (χ2v) is 32.9. The molecule has 19 heteroatoms. The number of carbonyl (C=O) groups is 4. The molecule has 0 saturated heterocycles. The van der Waals surface area contributed by atoms with Gasteiger partial charge in [-0.1, -0.05) is 363 Å². The van der Waals surface area contributed by atoms with Crippen LogP contribution >= 0.6 is 15.6 Å². The molecule has 6 atom stereocenters. The molecule has 0 aliphatic heterocycles. The predicted molar refractivity (Wildman–Crippen MR) is 405 cm³/mol. The normalized spacial score (nSPS) is 14.3. The first-order valence-corrected chi connectivity index (χ1v) is 44.4. The van der Waals surface area contributed by atoms with Gasteiger partial charge in [0.15, 0.2) is 12.2 Å². The van der Waals surface area contributed by atoms with E-state index in [1.165, 1.54) is 218 Å². The second kappa shape index (κ2) is 70.4. The molecule has 0 aromatic carbocycles. The van der Waals surface area contributed by atoms with Gasteiger partial charge < -0.3 is 33.8 Å². The van der Waals surface area contributed by atoms with Gasteiger partial charge in [-0.25, -0.2) is 9.13 Å². The lowest BCUT2D eigenvalue weighted by molar-refractivity contribution is -0.161. The van der Waals surface area contributed by atoms with Crippen LogP contribution in [-0.2, 0) is 65.4 Å². The number of hydrogen-bond donors (Lipinski definition) is 3. The van der Waals surface area contributed by atoms with Crippen LogP contribution in [0.3, 0.4) is 0 Å². The molecule has 99 heavy (non-hydrogen) atoms. The summed E-state index contributed by atoms with van der Waals surface area (Å²) in [5, 5.41) is 10.6. The van der Waals surface area contributed by atoms with Crippen molar-refractivity contribution in [1.29, 1.82) is 0 Å². The second-order valence-electron chi connectivity index (χ2n) is 30.0. The van der Waals surface area contributed by atoms with Gasteiger partial charge in [-0.3, -0.25) is 37.3 Å². The van der Waals surface area contributed by atoms with E-state index in [2.05, 4.69) is 48.5 Å². The molecule has 0 aromatic heterocycles. The average molecular weight is 1450 g/mol. The van der Waals surface area contributed by atoms with Gasteiger partial charge in [0.2, 0.25) is 0 Å². The van der Waals surface area contributed by atoms with E-state index >= 15 is 0 Å². The molecule has 0 radical (unpaired) electrons. The summed E-state index contributed by atoms with van der Waals surface area (Å²) in [6.45, 7) is 11.9. The zero-order valence-electron chi connectivity index (χ0n) is 65.0. The smallest absolute Gasteiger partial charge is 0.462 e. The van der Waals surface area contributed by atoms with Gasteiger partial charge >= 0.3 is 39.5 Å². The summed E-state index contributed by atoms with van der Waals surface area (Å²) in [7, 11) is -9.92. The predicted octanol–water partition coefficient (Wildman–Crippen LogP) is 23.7. The molecule has 0 saturated carbocycles. The summed E-state index contributed by atoms with van der Waals surface area (Å²) in [4.78, 5) is 72.9. The fourth-order valence-corrected chi connectivity index (χ4v) is 13.9. The summed E-state index contributed by atoms with van der Waals surface area (Å²) < 4.78 is 68.7. The molecule has 0 aliphatic carbocycles. The first kappa shape index (κ1) is 97.1. The monoisotopic (exact) mass is 1450 g/mol. The maximum atomic E-state index is 13.1. The van der Waals surface area contributed by atoms with Crippen LogP contribution in [0.2, 0.25) is 0 Å². The van der Waals surface area contributed by atoms with Gasteiger partial charge in [-0.15, -0.1) is 0 Å². The summed E-state index contributed by atoms with van der Waals surface area (Å²) >= 11 is 0. The molecule has 3 unspecified atom stereocenters. The standard InChI is InChI=1S/C80H156O17P2/c1-8-10-11-12-13-14-15-16-17-18-19-22-25-28-34-39-47-54-61-77(82)90-67-75(96-79(84)63-56-49-40-35-29-26-23-20-21-24-27-32-37-44-51-58-71(3)4)69-94-98(86,87)92-65-74(81)66-93-99(88,89)95-70-76(68-91-78(83)62-55-48-43-42-45-52-59-72(5)6)97-80(85)64-57-50-41-36-31-30-33-38-46-53-60-73(7)9-2/h71-76,81H,8-70H2,1-7H3,(H,86,87)(H,88,89)/t73?,74-,75-,76-/m1/s1. The third kappa shape index (κ3) is 72.8. The van der Waals surface area contributed by atoms with E-state index < -0.39 is 97.5 Å². The van der Waals surface area contributed by atoms with E-state index in [-0.39, 0.29) is 25.7 Å². The largest absolute Gasteiger partial charge is 0.472 e. The van der Waals surface area contributed by atoms with Gasteiger partial charge in [0.1, 0.15) is 19.3 Å². The molecular weight excluding hydrogens is 1290 g/mol. The van der Waals surface area contributed by atoms with Gasteiger partial charge in [0.05, 0.1) is 26.4 Å². The van der Waals surface area contributed by atoms with Crippen molar-refractivity contribution < 1.29 is 80.2 Å². The number of esters is 4. The lowest BCUT2D eigenvalue weighted by Gasteiger charge is -2.21. The Labute approximate surface area is 607 Å². The topological polar surface area (TPSA) is 237 Å². The number of rotatable bonds is 78. The molecule has 17 nitrogen and oxygen atoms in total. The Balaban J connectivity index is 5.23. The third-order valence-corrected chi connectivity index (χ3v) is 20.9. The van der Waals surface area contributed by atoms with Crippen LogP contribution in [0.1, 0.15) is 414 Å². The highest BCUT2D eigenvalue weighted by Gasteiger charge is 2.30. The van der Waals surface area contributed by atoms with Crippen molar-refractivity contribution >= 4 is 39.5 Å². The van der Waals surface area contributed by atoms with Crippen LogP contribution in [0.4, 0.5) is 0 Å². The van der Waals surface area contributed by atoms with Crippen LogP contribution in [0.5, 0.6) is 0 Å². The van der Waals surface area contributed by atoms with Gasteiger partial charge in [-0.05, 0) is 43.4 Å². The zero-order chi connectivity index (χ0) is 73.0. The molecule has 0 heterocycles. The SMILES string of the molecule is CCCCCCCCCCCCCCCCCCCCC(=O)OC[C@H](COP(=O)(O)OC[C@@H](O)COP(=O)(O)OC[C@@H](COC(=O)CCCCCCCCC(C)C)OC(=O)CCCCCCCCCCCCC(C)CC)OC(=O)CCCCCCCCCCCCCCCCCC(C)C. The molecule has 0 spiro atoms. The van der Waals surface area contributed by atoms with E-state index in [0.29, 0.717) is 31.6 Å². The van der Waals surface area contributed by atoms with E-state index in [0.717, 1.165) is 108 Å². The molecule has 0 aromatic rings. The Bertz CT molecular complexity index is 1920. The number of carbonyl (C=O) groups excluding carboxylic acids is 4. The van der Waals surface area contributed by atoms with Crippen molar-refractivity contribution in [2.45, 2.75) is 433 Å². The summed E-state index contributed by atoms with van der Waals surface area (Å²) in [5.41, 5.74) is 0. The van der Waals surface area contributed by atoms with Crippen molar-refractivity contribution in [3.8, 4) is 0 Å². The molecular formula is C80H156O17P2. The summed E-state index contributed by atoms with van der Waals surface area (Å²) in [6.07, 6.45) is 58.4. The molecule has 3 N–H and O–H groups in total. The Morgan fingerprint density at radius 3 is 0.768 bits per heavy atom. The minimum Gasteiger partial charge on any atom is -0.462 e.